The Morgan fingerprint density at radius 3 is 1.19 bits per heavy atom. The number of nitrogens with one attached hydrogen (secondary N) is 2. The van der Waals surface area contributed by atoms with E-state index in [0.717, 1.165) is 0 Å². The molecule has 0 aromatic heterocycles. The number of carbonyl (C=O) groups excluding carboxylic acids is 2. The molecule has 0 aromatic carbocycles. The lowest BCUT2D eigenvalue weighted by molar-refractivity contribution is -0.140. The summed E-state index contributed by atoms with van der Waals surface area (Å²) in [7, 11) is 0. The van der Waals surface area contributed by atoms with Gasteiger partial charge in [-0.25, -0.2) is 0 Å². The molecule has 1 aliphatic heterocycles. The third kappa shape index (κ3) is 14.6. The second-order valence-corrected chi connectivity index (χ2v) is 9.08. The summed E-state index contributed by atoms with van der Waals surface area (Å²) in [5.74, 6) is -3.55. The molecule has 1 rings (SSSR count). The topological polar surface area (TPSA) is 183 Å². The molecule has 0 aliphatic carbocycles. The molecule has 14 nitrogen and oxygen atoms in total. The monoisotopic (exact) mass is 516 g/mol. The van der Waals surface area contributed by atoms with E-state index in [1.54, 1.807) is 28.5 Å². The summed E-state index contributed by atoms with van der Waals surface area (Å²) < 4.78 is 0. The van der Waals surface area contributed by atoms with Crippen LogP contribution < -0.4 is 10.6 Å². The minimum atomic E-state index is -1.02. The summed E-state index contributed by atoms with van der Waals surface area (Å²) in [5.41, 5.74) is 0. The van der Waals surface area contributed by atoms with Crippen molar-refractivity contribution in [1.29, 1.82) is 0 Å². The van der Waals surface area contributed by atoms with Crippen molar-refractivity contribution in [3.05, 3.63) is 0 Å². The van der Waals surface area contributed by atoms with E-state index in [0.29, 0.717) is 58.9 Å². The molecule has 2 amide bonds. The molecule has 14 heteroatoms. The van der Waals surface area contributed by atoms with Gasteiger partial charge in [0, 0.05) is 71.4 Å². The number of amides is 2. The van der Waals surface area contributed by atoms with Gasteiger partial charge in [0.2, 0.25) is 11.8 Å². The molecule has 1 fully saturated rings. The number of hydrogen-bond acceptors (Lipinski definition) is 9. The average Bonchev–Trinajstić information content (AvgIpc) is 2.77. The first-order valence-electron chi connectivity index (χ1n) is 12.1. The first-order chi connectivity index (χ1) is 17.0. The second-order valence-electron chi connectivity index (χ2n) is 9.08. The summed E-state index contributed by atoms with van der Waals surface area (Å²) in [6, 6.07) is 0. The zero-order chi connectivity index (χ0) is 27.1. The van der Waals surface area contributed by atoms with Gasteiger partial charge < -0.3 is 26.0 Å². The van der Waals surface area contributed by atoms with E-state index in [4.69, 9.17) is 0 Å². The normalized spacial score (nSPS) is 17.6. The largest absolute Gasteiger partial charge is 0.480 e. The molecule has 0 unspecified atom stereocenters. The molecule has 0 saturated carbocycles. The van der Waals surface area contributed by atoms with Crippen LogP contribution in [-0.2, 0) is 24.0 Å². The van der Waals surface area contributed by atoms with Gasteiger partial charge >= 0.3 is 17.9 Å². The maximum atomic E-state index is 12.5. The van der Waals surface area contributed by atoms with Crippen LogP contribution in [0.15, 0.2) is 0 Å². The van der Waals surface area contributed by atoms with Gasteiger partial charge in [-0.2, -0.15) is 0 Å². The average molecular weight is 517 g/mol. The number of carbonyl (C=O) groups is 5. The molecule has 0 bridgehead atoms. The quantitative estimate of drug-likeness (QED) is 0.170. The minimum absolute atomic E-state index is 0.0328. The van der Waals surface area contributed by atoms with E-state index in [1.165, 1.54) is 0 Å². The van der Waals surface area contributed by atoms with Gasteiger partial charge in [-0.05, 0) is 0 Å². The Labute approximate surface area is 211 Å². The van der Waals surface area contributed by atoms with Crippen molar-refractivity contribution in [3.8, 4) is 0 Å². The maximum absolute atomic E-state index is 12.5. The zero-order valence-electron chi connectivity index (χ0n) is 21.1. The predicted molar refractivity (Wildman–Crippen MR) is 130 cm³/mol. The Morgan fingerprint density at radius 2 is 0.889 bits per heavy atom. The summed E-state index contributed by atoms with van der Waals surface area (Å²) in [6.07, 6.45) is 0. The number of carboxylic acids is 3. The standard InChI is InChI=1S/C22H40N6O8/c1-17(2)22(36)24-4-3-23-18(29)13-25-5-7-26(14-19(30)31)9-11-28(16-21(34)35)12-10-27(8-6-25)15-20(32)33/h17H,3-16H2,1-2H3,(H,23,29)(H,24,36)(H,30,31)(H,32,33)(H,34,35). The maximum Gasteiger partial charge on any atom is 0.317 e. The van der Waals surface area contributed by atoms with E-state index >= 15 is 0 Å². The molecule has 5 N–H and O–H groups in total. The van der Waals surface area contributed by atoms with Crippen LogP contribution >= 0.6 is 0 Å². The molecule has 0 spiro atoms. The van der Waals surface area contributed by atoms with Crippen LogP contribution in [0.4, 0.5) is 0 Å². The summed E-state index contributed by atoms with van der Waals surface area (Å²) in [6.45, 7) is 6.12. The molecule has 1 heterocycles. The fraction of sp³-hybridized carbons (Fsp3) is 0.773. The second kappa shape index (κ2) is 16.8. The molecular weight excluding hydrogens is 476 g/mol. The Bertz CT molecular complexity index is 718. The molecule has 206 valence electrons. The van der Waals surface area contributed by atoms with Gasteiger partial charge in [-0.15, -0.1) is 0 Å². The first-order valence-corrected chi connectivity index (χ1v) is 12.1. The lowest BCUT2D eigenvalue weighted by Crippen LogP contribution is -2.50. The van der Waals surface area contributed by atoms with Gasteiger partial charge in [-0.1, -0.05) is 13.8 Å². The van der Waals surface area contributed by atoms with E-state index in [9.17, 15) is 39.3 Å². The van der Waals surface area contributed by atoms with Crippen LogP contribution in [-0.4, -0.2) is 156 Å². The molecule has 1 saturated heterocycles. The van der Waals surface area contributed by atoms with E-state index in [2.05, 4.69) is 10.6 Å². The molecule has 0 atom stereocenters. The zero-order valence-corrected chi connectivity index (χ0v) is 21.1. The van der Waals surface area contributed by atoms with Crippen molar-refractivity contribution in [2.45, 2.75) is 13.8 Å². The van der Waals surface area contributed by atoms with Gasteiger partial charge in [0.1, 0.15) is 0 Å². The minimum Gasteiger partial charge on any atom is -0.480 e. The van der Waals surface area contributed by atoms with E-state index in [-0.39, 0.29) is 50.5 Å². The van der Waals surface area contributed by atoms with Crippen LogP contribution in [0.5, 0.6) is 0 Å². The number of carboxylic acid groups (broad SMARTS) is 3. The number of hydrogen-bond donors (Lipinski definition) is 5. The predicted octanol–water partition coefficient (Wildman–Crippen LogP) is -2.65. The third-order valence-electron chi connectivity index (χ3n) is 5.64. The molecule has 1 aliphatic rings. The van der Waals surface area contributed by atoms with Crippen LogP contribution in [0.1, 0.15) is 13.8 Å². The number of nitrogens with zero attached hydrogens (tertiary/aromatic N) is 4. The van der Waals surface area contributed by atoms with Crippen molar-refractivity contribution in [2.75, 3.05) is 91.6 Å². The highest BCUT2D eigenvalue weighted by atomic mass is 16.4. The van der Waals surface area contributed by atoms with Gasteiger partial charge in [0.15, 0.2) is 0 Å². The number of rotatable bonds is 12. The summed E-state index contributed by atoms with van der Waals surface area (Å²) in [4.78, 5) is 64.9. The van der Waals surface area contributed by atoms with Crippen molar-refractivity contribution in [2.24, 2.45) is 5.92 Å². The Balaban J connectivity index is 2.82. The molecule has 0 radical (unpaired) electrons. The molecule has 36 heavy (non-hydrogen) atoms. The van der Waals surface area contributed by atoms with Crippen LogP contribution in [0.3, 0.4) is 0 Å². The first kappa shape index (κ1) is 31.2. The van der Waals surface area contributed by atoms with Crippen molar-refractivity contribution in [1.82, 2.24) is 30.2 Å². The van der Waals surface area contributed by atoms with Crippen LogP contribution in [0, 0.1) is 5.92 Å². The smallest absolute Gasteiger partial charge is 0.317 e. The Morgan fingerprint density at radius 1 is 0.583 bits per heavy atom. The fourth-order valence-corrected chi connectivity index (χ4v) is 3.64. The third-order valence-corrected chi connectivity index (χ3v) is 5.64. The van der Waals surface area contributed by atoms with Crippen molar-refractivity contribution in [3.63, 3.8) is 0 Å². The van der Waals surface area contributed by atoms with Crippen LogP contribution in [0.2, 0.25) is 0 Å². The highest BCUT2D eigenvalue weighted by Crippen LogP contribution is 2.01. The number of aliphatic carboxylic acids is 3. The SMILES string of the molecule is CC(C)C(=O)NCCNC(=O)CN1CCN(CC(=O)O)CCN(CC(=O)O)CCN(CC(=O)O)CC1. The van der Waals surface area contributed by atoms with Crippen LogP contribution in [0.25, 0.3) is 0 Å². The molecular formula is C22H40N6O8. The molecule has 0 aromatic rings. The van der Waals surface area contributed by atoms with Crippen molar-refractivity contribution >= 4 is 29.7 Å². The summed E-state index contributed by atoms with van der Waals surface area (Å²) in [5, 5.41) is 33.2. The Hall–Kier alpha value is -2.81. The highest BCUT2D eigenvalue weighted by Gasteiger charge is 2.21. The van der Waals surface area contributed by atoms with Gasteiger partial charge in [0.05, 0.1) is 26.2 Å². The lowest BCUT2D eigenvalue weighted by atomic mass is 10.2. The summed E-state index contributed by atoms with van der Waals surface area (Å²) >= 11 is 0. The Kier molecular flexibility index (Phi) is 14.6. The highest BCUT2D eigenvalue weighted by molar-refractivity contribution is 5.79. The lowest BCUT2D eigenvalue weighted by Gasteiger charge is -2.32. The van der Waals surface area contributed by atoms with Crippen molar-refractivity contribution < 1.29 is 39.3 Å². The van der Waals surface area contributed by atoms with Gasteiger partial charge in [0.25, 0.3) is 0 Å². The van der Waals surface area contributed by atoms with Gasteiger partial charge in [-0.3, -0.25) is 43.6 Å². The van der Waals surface area contributed by atoms with E-state index < -0.39 is 17.9 Å². The fourth-order valence-electron chi connectivity index (χ4n) is 3.64. The van der Waals surface area contributed by atoms with E-state index in [1.807, 2.05) is 4.90 Å².